The molecule has 1 heterocycles. The van der Waals surface area contributed by atoms with E-state index in [0.717, 1.165) is 41.3 Å². The SMILES string of the molecule is CC(C)CNCc1ccc(NC(=C2C(=O)Nc3cc(Cl)ccc32)c2ccccc2)cc1. The number of nitrogens with one attached hydrogen (secondary N) is 3. The van der Waals surface area contributed by atoms with Crippen LogP contribution in [0.5, 0.6) is 0 Å². The van der Waals surface area contributed by atoms with Gasteiger partial charge in [0.15, 0.2) is 0 Å². The lowest BCUT2D eigenvalue weighted by Crippen LogP contribution is -2.18. The highest BCUT2D eigenvalue weighted by Crippen LogP contribution is 2.38. The molecule has 0 saturated heterocycles. The average Bonchev–Trinajstić information content (AvgIpc) is 3.08. The summed E-state index contributed by atoms with van der Waals surface area (Å²) < 4.78 is 0. The number of amides is 1. The number of carbonyl (C=O) groups is 1. The summed E-state index contributed by atoms with van der Waals surface area (Å²) in [4.78, 5) is 12.9. The maximum Gasteiger partial charge on any atom is 0.258 e. The second-order valence-electron chi connectivity index (χ2n) is 8.11. The third kappa shape index (κ3) is 4.98. The van der Waals surface area contributed by atoms with Crippen molar-refractivity contribution in [2.75, 3.05) is 17.2 Å². The van der Waals surface area contributed by atoms with Gasteiger partial charge in [-0.2, -0.15) is 0 Å². The van der Waals surface area contributed by atoms with Crippen molar-refractivity contribution >= 4 is 40.2 Å². The van der Waals surface area contributed by atoms with Gasteiger partial charge in [0.25, 0.3) is 5.91 Å². The monoisotopic (exact) mass is 431 g/mol. The first-order valence-corrected chi connectivity index (χ1v) is 10.9. The Morgan fingerprint density at radius 1 is 1.00 bits per heavy atom. The highest BCUT2D eigenvalue weighted by molar-refractivity contribution is 6.38. The molecule has 5 heteroatoms. The minimum Gasteiger partial charge on any atom is -0.354 e. The van der Waals surface area contributed by atoms with Gasteiger partial charge in [0, 0.05) is 22.8 Å². The average molecular weight is 432 g/mol. The molecule has 3 N–H and O–H groups in total. The van der Waals surface area contributed by atoms with Crippen LogP contribution in [0, 0.1) is 5.92 Å². The minimum absolute atomic E-state index is 0.141. The molecule has 0 aromatic heterocycles. The molecular formula is C26H26ClN3O. The van der Waals surface area contributed by atoms with Crippen LogP contribution in [0.25, 0.3) is 11.3 Å². The molecule has 4 rings (SSSR count). The number of fused-ring (bicyclic) bond motifs is 1. The molecule has 0 bridgehead atoms. The first-order valence-electron chi connectivity index (χ1n) is 10.5. The van der Waals surface area contributed by atoms with Crippen molar-refractivity contribution < 1.29 is 4.79 Å². The van der Waals surface area contributed by atoms with Crippen molar-refractivity contribution in [1.29, 1.82) is 0 Å². The summed E-state index contributed by atoms with van der Waals surface area (Å²) in [5.74, 6) is 0.481. The molecular weight excluding hydrogens is 406 g/mol. The Kier molecular flexibility index (Phi) is 6.40. The maximum absolute atomic E-state index is 12.9. The van der Waals surface area contributed by atoms with Crippen molar-refractivity contribution in [3.05, 3.63) is 94.5 Å². The summed E-state index contributed by atoms with van der Waals surface area (Å²) in [7, 11) is 0. The summed E-state index contributed by atoms with van der Waals surface area (Å²) in [6, 6.07) is 23.7. The third-order valence-corrected chi connectivity index (χ3v) is 5.38. The Bertz CT molecular complexity index is 1110. The first kappa shape index (κ1) is 21.2. The number of hydrogen-bond acceptors (Lipinski definition) is 3. The van der Waals surface area contributed by atoms with Gasteiger partial charge in [-0.05, 0) is 47.9 Å². The molecule has 1 amide bonds. The number of hydrogen-bond donors (Lipinski definition) is 3. The molecule has 0 fully saturated rings. The lowest BCUT2D eigenvalue weighted by Gasteiger charge is -2.15. The molecule has 3 aromatic carbocycles. The van der Waals surface area contributed by atoms with Crippen molar-refractivity contribution in [3.8, 4) is 0 Å². The number of halogens is 1. The van der Waals surface area contributed by atoms with Crippen LogP contribution in [0.15, 0.2) is 72.8 Å². The Hall–Kier alpha value is -3.08. The molecule has 1 aliphatic heterocycles. The Morgan fingerprint density at radius 2 is 1.74 bits per heavy atom. The summed E-state index contributed by atoms with van der Waals surface area (Å²) in [5, 5.41) is 10.5. The predicted molar refractivity (Wildman–Crippen MR) is 130 cm³/mol. The molecule has 0 aliphatic carbocycles. The highest BCUT2D eigenvalue weighted by atomic mass is 35.5. The summed E-state index contributed by atoms with van der Waals surface area (Å²) in [6.45, 7) is 6.22. The van der Waals surface area contributed by atoms with E-state index in [2.05, 4.69) is 41.9 Å². The normalized spacial score (nSPS) is 14.4. The summed E-state index contributed by atoms with van der Waals surface area (Å²) >= 11 is 6.13. The molecule has 0 atom stereocenters. The van der Waals surface area contributed by atoms with E-state index in [4.69, 9.17) is 11.6 Å². The Labute approximate surface area is 188 Å². The van der Waals surface area contributed by atoms with Gasteiger partial charge in [-0.3, -0.25) is 4.79 Å². The van der Waals surface area contributed by atoms with Crippen molar-refractivity contribution in [1.82, 2.24) is 5.32 Å². The van der Waals surface area contributed by atoms with Gasteiger partial charge in [-0.25, -0.2) is 0 Å². The topological polar surface area (TPSA) is 53.2 Å². The van der Waals surface area contributed by atoms with Crippen LogP contribution in [0.1, 0.15) is 30.5 Å². The minimum atomic E-state index is -0.141. The van der Waals surface area contributed by atoms with Gasteiger partial charge >= 0.3 is 0 Å². The zero-order valence-electron chi connectivity index (χ0n) is 17.7. The number of carbonyl (C=O) groups excluding carboxylic acids is 1. The van der Waals surface area contributed by atoms with E-state index in [0.29, 0.717) is 16.5 Å². The number of rotatable bonds is 7. The first-order chi connectivity index (χ1) is 15.0. The van der Waals surface area contributed by atoms with Crippen LogP contribution >= 0.6 is 11.6 Å². The third-order valence-electron chi connectivity index (χ3n) is 5.14. The zero-order chi connectivity index (χ0) is 21.8. The molecule has 3 aromatic rings. The molecule has 0 saturated carbocycles. The van der Waals surface area contributed by atoms with Crippen molar-refractivity contribution in [2.24, 2.45) is 5.92 Å². The van der Waals surface area contributed by atoms with Gasteiger partial charge in [0.2, 0.25) is 0 Å². The van der Waals surface area contributed by atoms with Crippen molar-refractivity contribution in [3.63, 3.8) is 0 Å². The Morgan fingerprint density at radius 3 is 2.45 bits per heavy atom. The van der Waals surface area contributed by atoms with E-state index in [1.165, 1.54) is 5.56 Å². The second-order valence-corrected chi connectivity index (χ2v) is 8.54. The summed E-state index contributed by atoms with van der Waals surface area (Å²) in [6.07, 6.45) is 0. The molecule has 0 radical (unpaired) electrons. The summed E-state index contributed by atoms with van der Waals surface area (Å²) in [5.41, 5.74) is 6.04. The molecule has 31 heavy (non-hydrogen) atoms. The fraction of sp³-hybridized carbons (Fsp3) is 0.192. The smallest absolute Gasteiger partial charge is 0.258 e. The van der Waals surface area contributed by atoms with Gasteiger partial charge < -0.3 is 16.0 Å². The van der Waals surface area contributed by atoms with E-state index in [1.807, 2.05) is 54.6 Å². The molecule has 0 unspecified atom stereocenters. The van der Waals surface area contributed by atoms with E-state index in [1.54, 1.807) is 6.07 Å². The van der Waals surface area contributed by atoms with Gasteiger partial charge in [-0.15, -0.1) is 0 Å². The van der Waals surface area contributed by atoms with Crippen molar-refractivity contribution in [2.45, 2.75) is 20.4 Å². The maximum atomic E-state index is 12.9. The number of anilines is 2. The highest BCUT2D eigenvalue weighted by Gasteiger charge is 2.28. The predicted octanol–water partition coefficient (Wildman–Crippen LogP) is 6.02. The van der Waals surface area contributed by atoms with Crippen LogP contribution in [-0.4, -0.2) is 12.5 Å². The van der Waals surface area contributed by atoms with Crippen LogP contribution in [0.2, 0.25) is 5.02 Å². The largest absolute Gasteiger partial charge is 0.354 e. The molecule has 4 nitrogen and oxygen atoms in total. The van der Waals surface area contributed by atoms with E-state index < -0.39 is 0 Å². The number of benzene rings is 3. The van der Waals surface area contributed by atoms with E-state index in [-0.39, 0.29) is 5.91 Å². The Balaban J connectivity index is 1.67. The van der Waals surface area contributed by atoms with Crippen LogP contribution in [0.3, 0.4) is 0 Å². The fourth-order valence-corrected chi connectivity index (χ4v) is 3.80. The lowest BCUT2D eigenvalue weighted by molar-refractivity contribution is -0.110. The van der Waals surface area contributed by atoms with Crippen LogP contribution in [-0.2, 0) is 11.3 Å². The van der Waals surface area contributed by atoms with E-state index in [9.17, 15) is 4.79 Å². The zero-order valence-corrected chi connectivity index (χ0v) is 18.5. The van der Waals surface area contributed by atoms with Gasteiger partial charge in [-0.1, -0.05) is 74.0 Å². The lowest BCUT2D eigenvalue weighted by atomic mass is 10.00. The quantitative estimate of drug-likeness (QED) is 0.401. The van der Waals surface area contributed by atoms with Crippen LogP contribution < -0.4 is 16.0 Å². The second kappa shape index (κ2) is 9.38. The molecule has 1 aliphatic rings. The fourth-order valence-electron chi connectivity index (χ4n) is 3.63. The van der Waals surface area contributed by atoms with E-state index >= 15 is 0 Å². The van der Waals surface area contributed by atoms with Crippen LogP contribution in [0.4, 0.5) is 11.4 Å². The molecule has 0 spiro atoms. The van der Waals surface area contributed by atoms with Gasteiger partial charge in [0.05, 0.1) is 17.0 Å². The molecule has 158 valence electrons. The standard InChI is InChI=1S/C26H26ClN3O/c1-17(2)15-28-16-18-8-11-21(12-9-18)29-25(19-6-4-3-5-7-19)24-22-13-10-20(27)14-23(22)30-26(24)31/h3-14,17,28-29H,15-16H2,1-2H3,(H,30,31). The van der Waals surface area contributed by atoms with Gasteiger partial charge in [0.1, 0.15) is 0 Å².